The summed E-state index contributed by atoms with van der Waals surface area (Å²) in [5, 5.41) is 0. The molecular formula is C10H16N2O. The molecule has 0 bridgehead atoms. The van der Waals surface area contributed by atoms with E-state index in [-0.39, 0.29) is 5.41 Å². The molecule has 0 radical (unpaired) electrons. The van der Waals surface area contributed by atoms with E-state index >= 15 is 0 Å². The molecule has 0 fully saturated rings. The molecule has 0 aliphatic heterocycles. The first-order chi connectivity index (χ1) is 6.04. The van der Waals surface area contributed by atoms with Crippen LogP contribution in [0.15, 0.2) is 12.3 Å². The van der Waals surface area contributed by atoms with E-state index in [0.29, 0.717) is 6.61 Å². The molecule has 0 unspecified atom stereocenters. The zero-order valence-corrected chi connectivity index (χ0v) is 8.66. The summed E-state index contributed by atoms with van der Waals surface area (Å²) in [6.45, 7) is 6.87. The third-order valence-electron chi connectivity index (χ3n) is 1.75. The number of rotatable bonds is 2. The summed E-state index contributed by atoms with van der Waals surface area (Å²) in [6, 6.07) is 1.94. The van der Waals surface area contributed by atoms with Gasteiger partial charge in [-0.2, -0.15) is 0 Å². The van der Waals surface area contributed by atoms with E-state index in [1.54, 1.807) is 13.3 Å². The molecule has 1 rings (SSSR count). The second-order valence-electron chi connectivity index (χ2n) is 4.04. The first-order valence-electron chi connectivity index (χ1n) is 4.35. The largest absolute Gasteiger partial charge is 0.377 e. The fourth-order valence-corrected chi connectivity index (χ4v) is 1.02. The van der Waals surface area contributed by atoms with Crippen LogP contribution in [-0.4, -0.2) is 17.1 Å². The molecule has 3 heteroatoms. The van der Waals surface area contributed by atoms with Crippen molar-refractivity contribution in [3.63, 3.8) is 0 Å². The Hall–Kier alpha value is -0.960. The fraction of sp³-hybridized carbons (Fsp3) is 0.600. The highest BCUT2D eigenvalue weighted by atomic mass is 16.5. The Morgan fingerprint density at radius 2 is 2.08 bits per heavy atom. The van der Waals surface area contributed by atoms with Crippen molar-refractivity contribution in [2.24, 2.45) is 0 Å². The lowest BCUT2D eigenvalue weighted by Gasteiger charge is -2.17. The Labute approximate surface area is 79.2 Å². The van der Waals surface area contributed by atoms with Crippen molar-refractivity contribution in [3.8, 4) is 0 Å². The second kappa shape index (κ2) is 3.83. The fourth-order valence-electron chi connectivity index (χ4n) is 1.02. The van der Waals surface area contributed by atoms with Crippen molar-refractivity contribution in [2.45, 2.75) is 32.8 Å². The van der Waals surface area contributed by atoms with Crippen LogP contribution in [0.1, 0.15) is 32.3 Å². The normalized spacial score (nSPS) is 11.7. The lowest BCUT2D eigenvalue weighted by atomic mass is 9.92. The molecule has 72 valence electrons. The summed E-state index contributed by atoms with van der Waals surface area (Å²) in [6.07, 6.45) is 1.78. The number of ether oxygens (including phenoxy) is 1. The van der Waals surface area contributed by atoms with Gasteiger partial charge >= 0.3 is 0 Å². The van der Waals surface area contributed by atoms with Gasteiger partial charge in [0, 0.05) is 24.4 Å². The number of hydrogen-bond acceptors (Lipinski definition) is 3. The van der Waals surface area contributed by atoms with Crippen LogP contribution in [0, 0.1) is 0 Å². The predicted molar refractivity (Wildman–Crippen MR) is 51.4 cm³/mol. The molecule has 3 nitrogen and oxygen atoms in total. The van der Waals surface area contributed by atoms with Crippen molar-refractivity contribution in [1.82, 2.24) is 9.97 Å². The van der Waals surface area contributed by atoms with E-state index in [4.69, 9.17) is 4.74 Å². The third kappa shape index (κ3) is 2.77. The highest BCUT2D eigenvalue weighted by Crippen LogP contribution is 2.19. The Kier molecular flexibility index (Phi) is 2.98. The van der Waals surface area contributed by atoms with Crippen molar-refractivity contribution < 1.29 is 4.74 Å². The average molecular weight is 180 g/mol. The molecule has 0 aromatic carbocycles. The summed E-state index contributed by atoms with van der Waals surface area (Å²) in [5.41, 5.74) is 1.13. The van der Waals surface area contributed by atoms with Gasteiger partial charge in [0.1, 0.15) is 6.61 Å². The van der Waals surface area contributed by atoms with Gasteiger partial charge in [-0.25, -0.2) is 9.97 Å². The molecule has 0 saturated heterocycles. The smallest absolute Gasteiger partial charge is 0.154 e. The van der Waals surface area contributed by atoms with E-state index in [0.717, 1.165) is 11.5 Å². The van der Waals surface area contributed by atoms with Gasteiger partial charge in [-0.1, -0.05) is 20.8 Å². The van der Waals surface area contributed by atoms with Crippen molar-refractivity contribution in [3.05, 3.63) is 23.8 Å². The van der Waals surface area contributed by atoms with Crippen LogP contribution >= 0.6 is 0 Å². The van der Waals surface area contributed by atoms with Gasteiger partial charge in [-0.05, 0) is 6.07 Å². The minimum atomic E-state index is 0.0748. The molecule has 13 heavy (non-hydrogen) atoms. The van der Waals surface area contributed by atoms with Gasteiger partial charge in [0.2, 0.25) is 0 Å². The minimum Gasteiger partial charge on any atom is -0.377 e. The van der Waals surface area contributed by atoms with Gasteiger partial charge in [0.15, 0.2) is 5.82 Å². The highest BCUT2D eigenvalue weighted by Gasteiger charge is 2.15. The highest BCUT2D eigenvalue weighted by molar-refractivity contribution is 5.11. The van der Waals surface area contributed by atoms with Crippen LogP contribution in [0.25, 0.3) is 0 Å². The van der Waals surface area contributed by atoms with Crippen LogP contribution in [0.3, 0.4) is 0 Å². The topological polar surface area (TPSA) is 35.0 Å². The molecule has 1 heterocycles. The van der Waals surface area contributed by atoms with E-state index in [1.807, 2.05) is 6.07 Å². The van der Waals surface area contributed by atoms with Crippen LogP contribution in [0.2, 0.25) is 0 Å². The molecule has 0 atom stereocenters. The van der Waals surface area contributed by atoms with Gasteiger partial charge in [-0.15, -0.1) is 0 Å². The Morgan fingerprint density at radius 1 is 1.38 bits per heavy atom. The molecule has 0 amide bonds. The maximum Gasteiger partial charge on any atom is 0.154 e. The molecule has 1 aromatic heterocycles. The first-order valence-corrected chi connectivity index (χ1v) is 4.35. The summed E-state index contributed by atoms with van der Waals surface area (Å²) < 4.78 is 4.97. The van der Waals surface area contributed by atoms with Gasteiger partial charge in [0.25, 0.3) is 0 Å². The predicted octanol–water partition coefficient (Wildman–Crippen LogP) is 1.92. The SMILES string of the molecule is COCc1nccc(C(C)(C)C)n1. The van der Waals surface area contributed by atoms with Gasteiger partial charge in [0.05, 0.1) is 0 Å². The number of nitrogens with zero attached hydrogens (tertiary/aromatic N) is 2. The molecule has 0 aliphatic carbocycles. The van der Waals surface area contributed by atoms with E-state index in [2.05, 4.69) is 30.7 Å². The Bertz CT molecular complexity index is 278. The summed E-state index contributed by atoms with van der Waals surface area (Å²) >= 11 is 0. The van der Waals surface area contributed by atoms with E-state index in [1.165, 1.54) is 0 Å². The number of aromatic nitrogens is 2. The van der Waals surface area contributed by atoms with Gasteiger partial charge < -0.3 is 4.74 Å². The van der Waals surface area contributed by atoms with Crippen LogP contribution in [0.4, 0.5) is 0 Å². The van der Waals surface area contributed by atoms with Gasteiger partial charge in [-0.3, -0.25) is 0 Å². The maximum absolute atomic E-state index is 4.97. The molecule has 0 saturated carbocycles. The van der Waals surface area contributed by atoms with Crippen LogP contribution in [-0.2, 0) is 16.8 Å². The molecular weight excluding hydrogens is 164 g/mol. The Morgan fingerprint density at radius 3 is 2.62 bits per heavy atom. The lowest BCUT2D eigenvalue weighted by Crippen LogP contribution is -2.15. The second-order valence-corrected chi connectivity index (χ2v) is 4.04. The molecule has 0 N–H and O–H groups in total. The number of methoxy groups -OCH3 is 1. The zero-order valence-electron chi connectivity index (χ0n) is 8.66. The monoisotopic (exact) mass is 180 g/mol. The lowest BCUT2D eigenvalue weighted by molar-refractivity contribution is 0.177. The summed E-state index contributed by atoms with van der Waals surface area (Å²) in [4.78, 5) is 8.50. The summed E-state index contributed by atoms with van der Waals surface area (Å²) in [5.74, 6) is 0.745. The number of hydrogen-bond donors (Lipinski definition) is 0. The van der Waals surface area contributed by atoms with Crippen molar-refractivity contribution >= 4 is 0 Å². The van der Waals surface area contributed by atoms with Crippen LogP contribution < -0.4 is 0 Å². The van der Waals surface area contributed by atoms with Crippen molar-refractivity contribution in [2.75, 3.05) is 7.11 Å². The molecule has 1 aromatic rings. The standard InChI is InChI=1S/C10H16N2O/c1-10(2,3)8-5-6-11-9(12-8)7-13-4/h5-6H,7H2,1-4H3. The summed E-state index contributed by atoms with van der Waals surface area (Å²) in [7, 11) is 1.65. The quantitative estimate of drug-likeness (QED) is 0.697. The Balaban J connectivity index is 2.92. The minimum absolute atomic E-state index is 0.0748. The molecule has 0 spiro atoms. The third-order valence-corrected chi connectivity index (χ3v) is 1.75. The zero-order chi connectivity index (χ0) is 9.90. The van der Waals surface area contributed by atoms with E-state index < -0.39 is 0 Å². The first kappa shape index (κ1) is 10.1. The molecule has 0 aliphatic rings. The van der Waals surface area contributed by atoms with Crippen molar-refractivity contribution in [1.29, 1.82) is 0 Å². The van der Waals surface area contributed by atoms with E-state index in [9.17, 15) is 0 Å². The maximum atomic E-state index is 4.97. The van der Waals surface area contributed by atoms with Crippen LogP contribution in [0.5, 0.6) is 0 Å². The average Bonchev–Trinajstić information content (AvgIpc) is 2.04.